The standard InChI is InChI=1S/C36H35ClF5N9O5S/c1-33(2,3)17-35(21-5-8-23(25(38)13-21)20-14-44-49(15-20)57(54,55)22-6-7-22)30(52)50-27(16-56-32(53)48-34(10-11-34)36(40,41)42)19-4-9-24(37)26(12-19)51-29(43-18-45-51)28(39)46-31(50)47-35/h4-5,8-9,12-15,18,22,27-28H,6-7,10-11,16-17H2,1-3H3,(H,46,47)(H,48,53)/t27-,28?,35-/m1/s1. The number of alkyl carbamates (subject to hydrolysis) is 1. The lowest BCUT2D eigenvalue weighted by Crippen LogP contribution is -2.49. The zero-order valence-corrected chi connectivity index (χ0v) is 32.1. The number of alkyl halides is 4. The molecule has 4 aliphatic rings. The largest absolute Gasteiger partial charge is 0.447 e. The summed E-state index contributed by atoms with van der Waals surface area (Å²) in [6, 6.07) is 6.97. The minimum atomic E-state index is -4.74. The number of aromatic nitrogens is 5. The molecule has 2 aliphatic heterocycles. The van der Waals surface area contributed by atoms with Gasteiger partial charge >= 0.3 is 12.3 Å². The highest BCUT2D eigenvalue weighted by molar-refractivity contribution is 7.90. The molecule has 2 N–H and O–H groups in total. The fourth-order valence-electron chi connectivity index (χ4n) is 7.29. The summed E-state index contributed by atoms with van der Waals surface area (Å²) in [5.41, 5.74) is -4.38. The van der Waals surface area contributed by atoms with Gasteiger partial charge in [-0.05, 0) is 66.8 Å². The normalized spacial score (nSPS) is 23.8. The van der Waals surface area contributed by atoms with E-state index < -0.39 is 74.7 Å². The van der Waals surface area contributed by atoms with E-state index in [-0.39, 0.29) is 64.0 Å². The summed E-state index contributed by atoms with van der Waals surface area (Å²) in [5.74, 6) is -2.29. The molecule has 2 amide bonds. The minimum Gasteiger partial charge on any atom is -0.447 e. The van der Waals surface area contributed by atoms with Crippen LogP contribution in [0.4, 0.5) is 26.7 Å². The number of nitrogens with zero attached hydrogens (tertiary/aromatic N) is 7. The molecule has 0 radical (unpaired) electrons. The number of carbonyl (C=O) groups excluding carboxylic acids is 2. The highest BCUT2D eigenvalue weighted by Gasteiger charge is 2.65. The highest BCUT2D eigenvalue weighted by Crippen LogP contribution is 2.49. The van der Waals surface area contributed by atoms with Crippen molar-refractivity contribution in [3.63, 3.8) is 0 Å². The van der Waals surface area contributed by atoms with Crippen LogP contribution in [0.25, 0.3) is 16.8 Å². The third-order valence-electron chi connectivity index (χ3n) is 10.4. The Morgan fingerprint density at radius 1 is 1.11 bits per heavy atom. The van der Waals surface area contributed by atoms with E-state index in [0.29, 0.717) is 12.8 Å². The summed E-state index contributed by atoms with van der Waals surface area (Å²) in [4.78, 5) is 37.5. The van der Waals surface area contributed by atoms with E-state index in [1.807, 2.05) is 26.1 Å². The third kappa shape index (κ3) is 6.79. The average Bonchev–Trinajstić information content (AvgIpc) is 4.00. The summed E-state index contributed by atoms with van der Waals surface area (Å²) in [5, 5.41) is 12.6. The van der Waals surface area contributed by atoms with E-state index in [0.717, 1.165) is 26.1 Å². The number of guanidine groups is 1. The van der Waals surface area contributed by atoms with E-state index in [4.69, 9.17) is 16.3 Å². The van der Waals surface area contributed by atoms with Gasteiger partial charge in [-0.2, -0.15) is 27.5 Å². The van der Waals surface area contributed by atoms with Crippen LogP contribution in [-0.4, -0.2) is 78.8 Å². The van der Waals surface area contributed by atoms with Crippen LogP contribution in [0.2, 0.25) is 5.02 Å². The van der Waals surface area contributed by atoms with Gasteiger partial charge in [-0.25, -0.2) is 36.7 Å². The molecule has 3 atom stereocenters. The van der Waals surface area contributed by atoms with Gasteiger partial charge in [-0.1, -0.05) is 50.6 Å². The Kier molecular flexibility index (Phi) is 8.99. The van der Waals surface area contributed by atoms with Gasteiger partial charge in [-0.3, -0.25) is 9.69 Å². The summed E-state index contributed by atoms with van der Waals surface area (Å²) < 4.78 is 107. The van der Waals surface area contributed by atoms with E-state index >= 15 is 13.6 Å². The van der Waals surface area contributed by atoms with Gasteiger partial charge in [-0.15, -0.1) is 0 Å². The second-order valence-corrected chi connectivity index (χ2v) is 18.3. The van der Waals surface area contributed by atoms with Gasteiger partial charge < -0.3 is 15.4 Å². The van der Waals surface area contributed by atoms with Crippen LogP contribution >= 0.6 is 11.6 Å². The summed E-state index contributed by atoms with van der Waals surface area (Å²) in [6.45, 7) is 4.73. The van der Waals surface area contributed by atoms with Crippen LogP contribution in [0.3, 0.4) is 0 Å². The SMILES string of the molecule is CC(C)(C)C[C@]1(c2ccc(-c3cnn(S(=O)(=O)C4CC4)c3)c(F)c2)N/C2=N\C(F)c3ncnn3-c3cc(ccc3Cl)[C@@H](COC(=O)NC3(C(F)(F)F)CC3)N2C1=O. The average molecular weight is 836 g/mol. The van der Waals surface area contributed by atoms with Crippen LogP contribution in [0.1, 0.15) is 82.2 Å². The first kappa shape index (κ1) is 38.7. The third-order valence-corrected chi connectivity index (χ3v) is 12.8. The number of rotatable bonds is 8. The van der Waals surface area contributed by atoms with Gasteiger partial charge in [0.2, 0.25) is 5.96 Å². The molecular weight excluding hydrogens is 801 g/mol. The van der Waals surface area contributed by atoms with Gasteiger partial charge in [0.15, 0.2) is 5.82 Å². The number of ether oxygens (including phenoxy) is 1. The van der Waals surface area contributed by atoms with Crippen molar-refractivity contribution in [3.05, 3.63) is 82.9 Å². The maximum atomic E-state index is 16.4. The lowest BCUT2D eigenvalue weighted by Gasteiger charge is -2.35. The number of carbonyl (C=O) groups is 2. The van der Waals surface area contributed by atoms with Crippen molar-refractivity contribution in [3.8, 4) is 16.8 Å². The van der Waals surface area contributed by atoms with Crippen molar-refractivity contribution in [2.45, 2.75) is 87.7 Å². The predicted molar refractivity (Wildman–Crippen MR) is 194 cm³/mol. The van der Waals surface area contributed by atoms with Crippen LogP contribution in [0.5, 0.6) is 0 Å². The first-order chi connectivity index (χ1) is 26.7. The van der Waals surface area contributed by atoms with Crippen molar-refractivity contribution in [2.24, 2.45) is 10.4 Å². The lowest BCUT2D eigenvalue weighted by molar-refractivity contribution is -0.164. The van der Waals surface area contributed by atoms with Gasteiger partial charge in [0.25, 0.3) is 22.2 Å². The number of benzene rings is 2. The number of hydrogen-bond donors (Lipinski definition) is 2. The maximum Gasteiger partial charge on any atom is 0.411 e. The zero-order chi connectivity index (χ0) is 40.9. The number of hydrogen-bond acceptors (Lipinski definition) is 10. The number of nitrogens with one attached hydrogen (secondary N) is 2. The van der Waals surface area contributed by atoms with Gasteiger partial charge in [0.1, 0.15) is 29.8 Å². The number of fused-ring (bicyclic) bond motifs is 5. The molecule has 57 heavy (non-hydrogen) atoms. The highest BCUT2D eigenvalue weighted by atomic mass is 35.5. The number of halogens is 6. The molecule has 4 aromatic rings. The molecule has 21 heteroatoms. The first-order valence-corrected chi connectivity index (χ1v) is 19.8. The molecule has 1 unspecified atom stereocenters. The molecule has 2 aromatic heterocycles. The second-order valence-electron chi connectivity index (χ2n) is 15.8. The van der Waals surface area contributed by atoms with E-state index in [9.17, 15) is 26.4 Å². The molecule has 3 fully saturated rings. The summed E-state index contributed by atoms with van der Waals surface area (Å²) in [6.07, 6.45) is -4.62. The molecule has 0 spiro atoms. The topological polar surface area (TPSA) is 166 Å². The van der Waals surface area contributed by atoms with Crippen LogP contribution in [0.15, 0.2) is 60.1 Å². The van der Waals surface area contributed by atoms with Crippen LogP contribution < -0.4 is 10.6 Å². The predicted octanol–water partition coefficient (Wildman–Crippen LogP) is 6.23. The van der Waals surface area contributed by atoms with Crippen LogP contribution in [-0.2, 0) is 25.1 Å². The zero-order valence-electron chi connectivity index (χ0n) is 30.5. The van der Waals surface area contributed by atoms with Gasteiger partial charge in [0.05, 0.1) is 34.4 Å². The molecule has 2 saturated carbocycles. The molecule has 2 aliphatic carbocycles. The number of amides is 2. The first-order valence-electron chi connectivity index (χ1n) is 17.9. The Hall–Kier alpha value is -5.11. The van der Waals surface area contributed by atoms with Crippen molar-refractivity contribution in [1.29, 1.82) is 0 Å². The Morgan fingerprint density at radius 3 is 2.49 bits per heavy atom. The Labute approximate surface area is 327 Å². The molecule has 4 heterocycles. The molecule has 8 rings (SSSR count). The fraction of sp³-hybridized carbons (Fsp3) is 0.444. The second kappa shape index (κ2) is 13.2. The number of aliphatic imine (C=N–C) groups is 1. The maximum absolute atomic E-state index is 16.4. The Balaban J connectivity index is 1.23. The van der Waals surface area contributed by atoms with E-state index in [1.54, 1.807) is 0 Å². The molecular formula is C36H35ClF5N9O5S. The van der Waals surface area contributed by atoms with Crippen molar-refractivity contribution >= 4 is 39.6 Å². The quantitative estimate of drug-likeness (QED) is 0.155. The molecule has 302 valence electrons. The van der Waals surface area contributed by atoms with Crippen molar-refractivity contribution in [2.75, 3.05) is 6.61 Å². The Morgan fingerprint density at radius 2 is 1.84 bits per heavy atom. The molecule has 2 bridgehead atoms. The fourth-order valence-corrected chi connectivity index (χ4v) is 8.97. The summed E-state index contributed by atoms with van der Waals surface area (Å²) in [7, 11) is -3.74. The van der Waals surface area contributed by atoms with Crippen molar-refractivity contribution < 1.29 is 44.7 Å². The van der Waals surface area contributed by atoms with Crippen molar-refractivity contribution in [1.82, 2.24) is 39.5 Å². The Bertz CT molecular complexity index is 2440. The smallest absolute Gasteiger partial charge is 0.411 e. The van der Waals surface area contributed by atoms with Crippen LogP contribution in [0, 0.1) is 11.2 Å². The molecule has 1 saturated heterocycles. The van der Waals surface area contributed by atoms with E-state index in [1.165, 1.54) is 42.7 Å². The van der Waals surface area contributed by atoms with E-state index in [2.05, 4.69) is 25.5 Å². The molecule has 14 nitrogen and oxygen atoms in total. The molecule has 2 aromatic carbocycles. The summed E-state index contributed by atoms with van der Waals surface area (Å²) >= 11 is 6.52. The lowest BCUT2D eigenvalue weighted by atomic mass is 9.75. The monoisotopic (exact) mass is 835 g/mol. The van der Waals surface area contributed by atoms with Gasteiger partial charge in [0, 0.05) is 11.1 Å². The minimum absolute atomic E-state index is 0.00887.